The molecule has 158 valence electrons. The van der Waals surface area contributed by atoms with Gasteiger partial charge in [0.15, 0.2) is 0 Å². The smallest absolute Gasteiger partial charge is 0.214 e. The second-order valence-electron chi connectivity index (χ2n) is 7.52. The third kappa shape index (κ3) is 4.73. The van der Waals surface area contributed by atoms with Gasteiger partial charge in [-0.2, -0.15) is 5.10 Å². The first kappa shape index (κ1) is 21.0. The maximum absolute atomic E-state index is 12.0. The lowest BCUT2D eigenvalue weighted by Crippen LogP contribution is -2.30. The number of hydrogen-bond acceptors (Lipinski definition) is 4. The van der Waals surface area contributed by atoms with E-state index in [1.54, 1.807) is 26.2 Å². The molecule has 0 saturated carbocycles. The molecule has 2 aromatic heterocycles. The van der Waals surface area contributed by atoms with Crippen LogP contribution >= 0.6 is 0 Å². The van der Waals surface area contributed by atoms with Gasteiger partial charge in [-0.05, 0) is 49.2 Å². The highest BCUT2D eigenvalue weighted by Gasteiger charge is 2.16. The van der Waals surface area contributed by atoms with Crippen molar-refractivity contribution in [2.45, 2.75) is 25.6 Å². The first-order chi connectivity index (χ1) is 14.9. The monoisotopic (exact) mass is 432 g/mol. The Hall–Kier alpha value is -3.29. The summed E-state index contributed by atoms with van der Waals surface area (Å²) in [6, 6.07) is 21.7. The highest BCUT2D eigenvalue weighted by molar-refractivity contribution is 7.90. The highest BCUT2D eigenvalue weighted by atomic mass is 32.2. The lowest BCUT2D eigenvalue weighted by Gasteiger charge is -2.10. The molecule has 4 aromatic rings. The topological polar surface area (TPSA) is 76.9 Å². The Balaban J connectivity index is 1.68. The molecule has 6 nitrogen and oxygen atoms in total. The molecular formula is C24H24N4O2S. The molecule has 0 aliphatic carbocycles. The SMILES string of the molecule is CC(C)S(=O)(=O)NCc1ccc(-c2cn(-c3ccccc3)nc2-c2ccncc2)cc1. The van der Waals surface area contributed by atoms with Gasteiger partial charge in [-0.3, -0.25) is 4.98 Å². The molecule has 0 bridgehead atoms. The van der Waals surface area contributed by atoms with Crippen LogP contribution in [0.15, 0.2) is 85.3 Å². The van der Waals surface area contributed by atoms with Crippen LogP contribution in [0, 0.1) is 0 Å². The third-order valence-corrected chi connectivity index (χ3v) is 6.84. The van der Waals surface area contributed by atoms with E-state index < -0.39 is 15.3 Å². The second-order valence-corrected chi connectivity index (χ2v) is 9.84. The van der Waals surface area contributed by atoms with Crippen LogP contribution in [0.3, 0.4) is 0 Å². The fraction of sp³-hybridized carbons (Fsp3) is 0.167. The molecule has 0 saturated heterocycles. The number of para-hydroxylation sites is 1. The van der Waals surface area contributed by atoms with Crippen LogP contribution in [0.5, 0.6) is 0 Å². The Labute approximate surface area is 182 Å². The van der Waals surface area contributed by atoms with Gasteiger partial charge in [-0.25, -0.2) is 17.8 Å². The third-order valence-electron chi connectivity index (χ3n) is 5.05. The Bertz CT molecular complexity index is 1250. The number of nitrogens with zero attached hydrogens (tertiary/aromatic N) is 3. The van der Waals surface area contributed by atoms with Crippen molar-refractivity contribution in [3.05, 3.63) is 90.9 Å². The summed E-state index contributed by atoms with van der Waals surface area (Å²) in [5.41, 5.74) is 5.71. The summed E-state index contributed by atoms with van der Waals surface area (Å²) in [6.07, 6.45) is 5.52. The fourth-order valence-corrected chi connectivity index (χ4v) is 3.88. The average Bonchev–Trinajstić information content (AvgIpc) is 3.25. The van der Waals surface area contributed by atoms with Gasteiger partial charge in [-0.15, -0.1) is 0 Å². The van der Waals surface area contributed by atoms with Crippen LogP contribution in [-0.4, -0.2) is 28.4 Å². The van der Waals surface area contributed by atoms with Gasteiger partial charge in [0, 0.05) is 36.3 Å². The molecule has 0 radical (unpaired) electrons. The number of benzene rings is 2. The lowest BCUT2D eigenvalue weighted by atomic mass is 10.0. The molecule has 0 unspecified atom stereocenters. The van der Waals surface area contributed by atoms with E-state index in [0.717, 1.165) is 33.6 Å². The zero-order chi connectivity index (χ0) is 21.8. The molecule has 31 heavy (non-hydrogen) atoms. The fourth-order valence-electron chi connectivity index (χ4n) is 3.17. The quantitative estimate of drug-likeness (QED) is 0.469. The van der Waals surface area contributed by atoms with Crippen molar-refractivity contribution in [1.29, 1.82) is 0 Å². The van der Waals surface area contributed by atoms with E-state index in [1.807, 2.05) is 77.6 Å². The minimum atomic E-state index is -3.30. The van der Waals surface area contributed by atoms with E-state index in [9.17, 15) is 8.42 Å². The van der Waals surface area contributed by atoms with Crippen LogP contribution in [0.1, 0.15) is 19.4 Å². The second kappa shape index (κ2) is 8.83. The molecule has 1 N–H and O–H groups in total. The molecule has 0 amide bonds. The van der Waals surface area contributed by atoms with E-state index in [2.05, 4.69) is 9.71 Å². The van der Waals surface area contributed by atoms with Crippen LogP contribution in [0.2, 0.25) is 0 Å². The predicted octanol–water partition coefficient (Wildman–Crippen LogP) is 4.43. The first-order valence-corrected chi connectivity index (χ1v) is 11.6. The molecule has 0 atom stereocenters. The summed E-state index contributed by atoms with van der Waals surface area (Å²) in [6.45, 7) is 3.59. The summed E-state index contributed by atoms with van der Waals surface area (Å²) < 4.78 is 28.5. The molecule has 2 aromatic carbocycles. The maximum atomic E-state index is 12.0. The molecule has 0 fully saturated rings. The summed E-state index contributed by atoms with van der Waals surface area (Å²) in [7, 11) is -3.30. The normalized spacial score (nSPS) is 11.7. The van der Waals surface area contributed by atoms with Gasteiger partial charge in [0.05, 0.1) is 10.9 Å². The number of nitrogens with one attached hydrogen (secondary N) is 1. The standard InChI is InChI=1S/C24H24N4O2S/c1-18(2)31(29,30)26-16-19-8-10-20(11-9-19)23-17-28(22-6-4-3-5-7-22)27-24(23)21-12-14-25-15-13-21/h3-15,17-18,26H,16H2,1-2H3. The Morgan fingerprint density at radius 2 is 1.58 bits per heavy atom. The van der Waals surface area contributed by atoms with E-state index in [4.69, 9.17) is 5.10 Å². The Morgan fingerprint density at radius 1 is 0.903 bits per heavy atom. The number of aromatic nitrogens is 3. The molecule has 0 aliphatic rings. The predicted molar refractivity (Wildman–Crippen MR) is 123 cm³/mol. The van der Waals surface area contributed by atoms with Crippen LogP contribution in [-0.2, 0) is 16.6 Å². The highest BCUT2D eigenvalue weighted by Crippen LogP contribution is 2.32. The zero-order valence-electron chi connectivity index (χ0n) is 17.4. The van der Waals surface area contributed by atoms with Crippen LogP contribution < -0.4 is 4.72 Å². The molecule has 0 aliphatic heterocycles. The number of hydrogen-bond donors (Lipinski definition) is 1. The number of pyridine rings is 1. The maximum Gasteiger partial charge on any atom is 0.214 e. The Morgan fingerprint density at radius 3 is 2.23 bits per heavy atom. The van der Waals surface area contributed by atoms with E-state index >= 15 is 0 Å². The molecule has 2 heterocycles. The largest absolute Gasteiger partial charge is 0.265 e. The summed E-state index contributed by atoms with van der Waals surface area (Å²) >= 11 is 0. The minimum Gasteiger partial charge on any atom is -0.265 e. The van der Waals surface area contributed by atoms with Gasteiger partial charge in [0.2, 0.25) is 10.0 Å². The summed E-state index contributed by atoms with van der Waals surface area (Å²) in [5.74, 6) is 0. The van der Waals surface area contributed by atoms with Gasteiger partial charge < -0.3 is 0 Å². The first-order valence-electron chi connectivity index (χ1n) is 10.1. The van der Waals surface area contributed by atoms with Crippen molar-refractivity contribution in [3.8, 4) is 28.1 Å². The molecule has 4 rings (SSSR count). The van der Waals surface area contributed by atoms with Crippen molar-refractivity contribution in [3.63, 3.8) is 0 Å². The Kier molecular flexibility index (Phi) is 5.97. The molecule has 0 spiro atoms. The van der Waals surface area contributed by atoms with Crippen molar-refractivity contribution < 1.29 is 8.42 Å². The number of rotatable bonds is 7. The van der Waals surface area contributed by atoms with Gasteiger partial charge in [0.1, 0.15) is 5.69 Å². The summed E-state index contributed by atoms with van der Waals surface area (Å²) in [4.78, 5) is 4.11. The minimum absolute atomic E-state index is 0.265. The van der Waals surface area contributed by atoms with E-state index in [1.165, 1.54) is 0 Å². The van der Waals surface area contributed by atoms with Gasteiger partial charge in [-0.1, -0.05) is 42.5 Å². The average molecular weight is 433 g/mol. The van der Waals surface area contributed by atoms with Crippen LogP contribution in [0.25, 0.3) is 28.1 Å². The van der Waals surface area contributed by atoms with E-state index in [-0.39, 0.29) is 6.54 Å². The van der Waals surface area contributed by atoms with Crippen LogP contribution in [0.4, 0.5) is 0 Å². The van der Waals surface area contributed by atoms with Crippen molar-refractivity contribution in [1.82, 2.24) is 19.5 Å². The number of sulfonamides is 1. The molecule has 7 heteroatoms. The van der Waals surface area contributed by atoms with Gasteiger partial charge >= 0.3 is 0 Å². The van der Waals surface area contributed by atoms with Gasteiger partial charge in [0.25, 0.3) is 0 Å². The zero-order valence-corrected chi connectivity index (χ0v) is 18.3. The lowest BCUT2D eigenvalue weighted by molar-refractivity contribution is 0.572. The molecular weight excluding hydrogens is 408 g/mol. The van der Waals surface area contributed by atoms with Crippen molar-refractivity contribution >= 4 is 10.0 Å². The van der Waals surface area contributed by atoms with Crippen molar-refractivity contribution in [2.75, 3.05) is 0 Å². The van der Waals surface area contributed by atoms with E-state index in [0.29, 0.717) is 0 Å². The summed E-state index contributed by atoms with van der Waals surface area (Å²) in [5, 5.41) is 4.38. The van der Waals surface area contributed by atoms with Crippen molar-refractivity contribution in [2.24, 2.45) is 0 Å².